The number of hydrogen-bond donors (Lipinski definition) is 1. The zero-order valence-corrected chi connectivity index (χ0v) is 14.8. The molecule has 0 fully saturated rings. The van der Waals surface area contributed by atoms with E-state index < -0.39 is 10.0 Å². The summed E-state index contributed by atoms with van der Waals surface area (Å²) >= 11 is 0. The normalized spacial score (nSPS) is 11.5. The standard InChI is InChI=1S/C17H21N3O3S/c1-4-20(5-2)24(22,23)16-11-14(9-8-13(16)3)17(21)19-15-7-6-10-18-12-15/h6-12H,4-5H2,1-3H3,(H,19,21). The van der Waals surface area contributed by atoms with Gasteiger partial charge in [0.2, 0.25) is 10.0 Å². The molecule has 0 aliphatic carbocycles. The maximum absolute atomic E-state index is 12.7. The van der Waals surface area contributed by atoms with Gasteiger partial charge < -0.3 is 5.32 Å². The molecule has 0 unspecified atom stereocenters. The van der Waals surface area contributed by atoms with Gasteiger partial charge in [0.15, 0.2) is 0 Å². The molecule has 1 heterocycles. The van der Waals surface area contributed by atoms with Crippen molar-refractivity contribution < 1.29 is 13.2 Å². The first-order chi connectivity index (χ1) is 11.4. The summed E-state index contributed by atoms with van der Waals surface area (Å²) in [6.45, 7) is 6.05. The van der Waals surface area contributed by atoms with Crippen LogP contribution in [0.4, 0.5) is 5.69 Å². The van der Waals surface area contributed by atoms with Gasteiger partial charge in [-0.15, -0.1) is 0 Å². The molecule has 6 nitrogen and oxygen atoms in total. The molecule has 1 N–H and O–H groups in total. The summed E-state index contributed by atoms with van der Waals surface area (Å²) in [6.07, 6.45) is 3.13. The Hall–Kier alpha value is -2.25. The van der Waals surface area contributed by atoms with Gasteiger partial charge in [-0.2, -0.15) is 4.31 Å². The van der Waals surface area contributed by atoms with Crippen molar-refractivity contribution in [3.63, 3.8) is 0 Å². The number of aryl methyl sites for hydroxylation is 1. The molecule has 0 saturated heterocycles. The first-order valence-corrected chi connectivity index (χ1v) is 9.16. The van der Waals surface area contributed by atoms with Crippen LogP contribution in [0.15, 0.2) is 47.6 Å². The molecule has 0 aliphatic heterocycles. The third kappa shape index (κ3) is 3.80. The Morgan fingerprint density at radius 3 is 2.50 bits per heavy atom. The van der Waals surface area contributed by atoms with E-state index in [1.54, 1.807) is 51.2 Å². The van der Waals surface area contributed by atoms with Gasteiger partial charge in [0.25, 0.3) is 5.91 Å². The number of carbonyl (C=O) groups excluding carboxylic acids is 1. The maximum atomic E-state index is 12.7. The summed E-state index contributed by atoms with van der Waals surface area (Å²) < 4.78 is 26.8. The van der Waals surface area contributed by atoms with Crippen molar-refractivity contribution in [2.45, 2.75) is 25.7 Å². The van der Waals surface area contributed by atoms with Gasteiger partial charge in [-0.25, -0.2) is 8.42 Å². The van der Waals surface area contributed by atoms with Crippen LogP contribution in [0.3, 0.4) is 0 Å². The zero-order chi connectivity index (χ0) is 17.7. The SMILES string of the molecule is CCN(CC)S(=O)(=O)c1cc(C(=O)Nc2cccnc2)ccc1C. The van der Waals surface area contributed by atoms with Gasteiger partial charge in [0.1, 0.15) is 0 Å². The van der Waals surface area contributed by atoms with E-state index in [-0.39, 0.29) is 16.4 Å². The highest BCUT2D eigenvalue weighted by Crippen LogP contribution is 2.22. The van der Waals surface area contributed by atoms with Crippen LogP contribution in [0, 0.1) is 6.92 Å². The number of sulfonamides is 1. The van der Waals surface area contributed by atoms with Crippen LogP contribution >= 0.6 is 0 Å². The van der Waals surface area contributed by atoms with Crippen molar-refractivity contribution >= 4 is 21.6 Å². The van der Waals surface area contributed by atoms with Crippen molar-refractivity contribution in [1.82, 2.24) is 9.29 Å². The largest absolute Gasteiger partial charge is 0.321 e. The summed E-state index contributed by atoms with van der Waals surface area (Å²) in [5.74, 6) is -0.376. The van der Waals surface area contributed by atoms with Crippen LogP contribution in [0.1, 0.15) is 29.8 Å². The van der Waals surface area contributed by atoms with E-state index in [2.05, 4.69) is 10.3 Å². The van der Waals surface area contributed by atoms with E-state index in [0.717, 1.165) is 0 Å². The number of aromatic nitrogens is 1. The maximum Gasteiger partial charge on any atom is 0.255 e. The minimum Gasteiger partial charge on any atom is -0.321 e. The molecule has 128 valence electrons. The summed E-state index contributed by atoms with van der Waals surface area (Å²) in [5, 5.41) is 2.70. The first kappa shape index (κ1) is 18.1. The zero-order valence-electron chi connectivity index (χ0n) is 14.0. The molecule has 0 aliphatic rings. The van der Waals surface area contributed by atoms with Crippen LogP contribution in [-0.4, -0.2) is 36.7 Å². The Morgan fingerprint density at radius 2 is 1.92 bits per heavy atom. The Labute approximate surface area is 142 Å². The number of rotatable bonds is 6. The molecule has 7 heteroatoms. The van der Waals surface area contributed by atoms with E-state index in [0.29, 0.717) is 24.3 Å². The monoisotopic (exact) mass is 347 g/mol. The van der Waals surface area contributed by atoms with Crippen LogP contribution in [-0.2, 0) is 10.0 Å². The van der Waals surface area contributed by atoms with E-state index in [1.165, 1.54) is 16.6 Å². The highest BCUT2D eigenvalue weighted by molar-refractivity contribution is 7.89. The van der Waals surface area contributed by atoms with Gasteiger partial charge >= 0.3 is 0 Å². The minimum absolute atomic E-state index is 0.157. The van der Waals surface area contributed by atoms with Gasteiger partial charge in [0.05, 0.1) is 16.8 Å². The van der Waals surface area contributed by atoms with Crippen LogP contribution < -0.4 is 5.32 Å². The number of benzene rings is 1. The minimum atomic E-state index is -3.62. The fraction of sp³-hybridized carbons (Fsp3) is 0.294. The van der Waals surface area contributed by atoms with Gasteiger partial charge in [0, 0.05) is 24.8 Å². The molecule has 0 radical (unpaired) electrons. The lowest BCUT2D eigenvalue weighted by molar-refractivity contribution is 0.102. The van der Waals surface area contributed by atoms with Gasteiger partial charge in [-0.05, 0) is 36.8 Å². The van der Waals surface area contributed by atoms with Crippen molar-refractivity contribution in [1.29, 1.82) is 0 Å². The Kier molecular flexibility index (Phi) is 5.69. The third-order valence-corrected chi connectivity index (χ3v) is 5.88. The number of nitrogens with zero attached hydrogens (tertiary/aromatic N) is 2. The predicted octanol–water partition coefficient (Wildman–Crippen LogP) is 2.67. The number of pyridine rings is 1. The molecule has 24 heavy (non-hydrogen) atoms. The topological polar surface area (TPSA) is 79.4 Å². The second-order valence-corrected chi connectivity index (χ2v) is 7.17. The van der Waals surface area contributed by atoms with Crippen LogP contribution in [0.2, 0.25) is 0 Å². The third-order valence-electron chi connectivity index (χ3n) is 3.69. The number of amides is 1. The molecule has 1 amide bonds. The second-order valence-electron chi connectivity index (χ2n) is 5.27. The van der Waals surface area contributed by atoms with Crippen molar-refractivity contribution in [2.75, 3.05) is 18.4 Å². The molecule has 0 saturated carbocycles. The summed E-state index contributed by atoms with van der Waals surface area (Å²) in [7, 11) is -3.62. The smallest absolute Gasteiger partial charge is 0.255 e. The van der Waals surface area contributed by atoms with E-state index in [9.17, 15) is 13.2 Å². The molecule has 1 aromatic heterocycles. The molecule has 0 spiro atoms. The van der Waals surface area contributed by atoms with Crippen molar-refractivity contribution in [2.24, 2.45) is 0 Å². The average molecular weight is 347 g/mol. The highest BCUT2D eigenvalue weighted by Gasteiger charge is 2.24. The lowest BCUT2D eigenvalue weighted by atomic mass is 10.1. The summed E-state index contributed by atoms with van der Waals surface area (Å²) in [6, 6.07) is 8.11. The molecular formula is C17H21N3O3S. The molecule has 0 atom stereocenters. The lowest BCUT2D eigenvalue weighted by Crippen LogP contribution is -2.31. The van der Waals surface area contributed by atoms with Gasteiger partial charge in [-0.3, -0.25) is 9.78 Å². The molecule has 2 aromatic rings. The fourth-order valence-electron chi connectivity index (χ4n) is 2.36. The second kappa shape index (κ2) is 7.55. The summed E-state index contributed by atoms with van der Waals surface area (Å²) in [4.78, 5) is 16.5. The summed E-state index contributed by atoms with van der Waals surface area (Å²) in [5.41, 5.74) is 1.45. The van der Waals surface area contributed by atoms with Gasteiger partial charge in [-0.1, -0.05) is 19.9 Å². The van der Waals surface area contributed by atoms with E-state index in [1.807, 2.05) is 0 Å². The fourth-order valence-corrected chi connectivity index (χ4v) is 4.07. The van der Waals surface area contributed by atoms with Crippen LogP contribution in [0.25, 0.3) is 0 Å². The molecule has 1 aromatic carbocycles. The Balaban J connectivity index is 2.36. The number of nitrogens with one attached hydrogen (secondary N) is 1. The number of anilines is 1. The molecular weight excluding hydrogens is 326 g/mol. The highest BCUT2D eigenvalue weighted by atomic mass is 32.2. The quantitative estimate of drug-likeness (QED) is 0.871. The number of carbonyl (C=O) groups is 1. The predicted molar refractivity (Wildman–Crippen MR) is 93.5 cm³/mol. The van der Waals surface area contributed by atoms with E-state index >= 15 is 0 Å². The van der Waals surface area contributed by atoms with E-state index in [4.69, 9.17) is 0 Å². The first-order valence-electron chi connectivity index (χ1n) is 7.72. The number of hydrogen-bond acceptors (Lipinski definition) is 4. The van der Waals surface area contributed by atoms with Crippen molar-refractivity contribution in [3.05, 3.63) is 53.9 Å². The Morgan fingerprint density at radius 1 is 1.21 bits per heavy atom. The molecule has 0 bridgehead atoms. The Bertz CT molecular complexity index is 816. The van der Waals surface area contributed by atoms with Crippen molar-refractivity contribution in [3.8, 4) is 0 Å². The average Bonchev–Trinajstić information content (AvgIpc) is 2.56. The lowest BCUT2D eigenvalue weighted by Gasteiger charge is -2.20. The molecule has 2 rings (SSSR count). The van der Waals surface area contributed by atoms with Crippen LogP contribution in [0.5, 0.6) is 0 Å².